The lowest BCUT2D eigenvalue weighted by Crippen LogP contribution is -2.33. The molecule has 0 N–H and O–H groups in total. The standard InChI is InChI=1S/C18H28N2O4S/c1-17(2,3)25(21)20-11-13(15-12-23-18(4,5)24-15)16(22-6)14-9-7-8-10-19-14/h7-11,13,15-16H,12H2,1-6H3/t13?,15-,16?,25?/m1/s1. The molecule has 1 saturated heterocycles. The van der Waals surface area contributed by atoms with Gasteiger partial charge in [0.1, 0.15) is 17.1 Å². The molecule has 0 saturated carbocycles. The third kappa shape index (κ3) is 5.41. The van der Waals surface area contributed by atoms with E-state index in [9.17, 15) is 4.21 Å². The van der Waals surface area contributed by atoms with Gasteiger partial charge in [0.05, 0.1) is 29.1 Å². The summed E-state index contributed by atoms with van der Waals surface area (Å²) in [6.45, 7) is 9.83. The second-order valence-electron chi connectivity index (χ2n) is 7.47. The first-order valence-corrected chi connectivity index (χ1v) is 9.46. The van der Waals surface area contributed by atoms with Gasteiger partial charge in [-0.2, -0.15) is 4.40 Å². The van der Waals surface area contributed by atoms with Crippen LogP contribution < -0.4 is 0 Å². The Bertz CT molecular complexity index is 613. The van der Waals surface area contributed by atoms with Crippen molar-refractivity contribution in [1.29, 1.82) is 0 Å². The van der Waals surface area contributed by atoms with Crippen LogP contribution in [0.5, 0.6) is 0 Å². The third-order valence-corrected chi connectivity index (χ3v) is 5.26. The third-order valence-electron chi connectivity index (χ3n) is 3.90. The van der Waals surface area contributed by atoms with Crippen LogP contribution in [0.3, 0.4) is 0 Å². The van der Waals surface area contributed by atoms with Crippen molar-refractivity contribution in [3.8, 4) is 0 Å². The summed E-state index contributed by atoms with van der Waals surface area (Å²) in [5.74, 6) is -0.935. The maximum atomic E-state index is 12.3. The Labute approximate surface area is 152 Å². The second-order valence-corrected chi connectivity index (χ2v) is 9.41. The van der Waals surface area contributed by atoms with E-state index in [1.807, 2.05) is 52.8 Å². The van der Waals surface area contributed by atoms with Gasteiger partial charge in [-0.15, -0.1) is 0 Å². The first kappa shape index (κ1) is 20.2. The summed E-state index contributed by atoms with van der Waals surface area (Å²) in [6.07, 6.45) is 2.77. The molecule has 1 aliphatic rings. The number of hydrogen-bond donors (Lipinski definition) is 0. The van der Waals surface area contributed by atoms with Crippen molar-refractivity contribution in [2.75, 3.05) is 13.7 Å². The molecule has 0 aliphatic carbocycles. The summed E-state index contributed by atoms with van der Waals surface area (Å²) >= 11 is 0. The number of methoxy groups -OCH3 is 1. The quantitative estimate of drug-likeness (QED) is 0.722. The summed E-state index contributed by atoms with van der Waals surface area (Å²) in [5.41, 5.74) is 0.774. The van der Waals surface area contributed by atoms with E-state index in [-0.39, 0.29) is 18.1 Å². The highest BCUT2D eigenvalue weighted by atomic mass is 32.2. The molecule has 0 amide bonds. The van der Waals surface area contributed by atoms with E-state index in [2.05, 4.69) is 9.38 Å². The van der Waals surface area contributed by atoms with Crippen molar-refractivity contribution >= 4 is 17.2 Å². The summed E-state index contributed by atoms with van der Waals surface area (Å²) in [7, 11) is 0.272. The molecule has 0 spiro atoms. The fraction of sp³-hybridized carbons (Fsp3) is 0.667. The van der Waals surface area contributed by atoms with Crippen LogP contribution in [0.25, 0.3) is 0 Å². The lowest BCUT2D eigenvalue weighted by molar-refractivity contribution is -0.146. The van der Waals surface area contributed by atoms with Crippen LogP contribution in [-0.4, -0.2) is 45.8 Å². The first-order valence-electron chi connectivity index (χ1n) is 8.36. The normalized spacial score (nSPS) is 24.3. The molecule has 1 aromatic rings. The maximum absolute atomic E-state index is 12.3. The predicted octanol–water partition coefficient (Wildman–Crippen LogP) is 3.07. The van der Waals surface area contributed by atoms with Gasteiger partial charge in [0, 0.05) is 19.5 Å². The van der Waals surface area contributed by atoms with Gasteiger partial charge in [-0.05, 0) is 46.8 Å². The van der Waals surface area contributed by atoms with Crippen LogP contribution >= 0.6 is 0 Å². The lowest BCUT2D eigenvalue weighted by atomic mass is 9.94. The highest BCUT2D eigenvalue weighted by molar-refractivity contribution is 7.85. The van der Waals surface area contributed by atoms with E-state index in [0.29, 0.717) is 6.61 Å². The molecule has 7 heteroatoms. The minimum atomic E-state index is -1.36. The molecule has 1 fully saturated rings. The molecule has 140 valence electrons. The van der Waals surface area contributed by atoms with Crippen LogP contribution in [0.4, 0.5) is 0 Å². The van der Waals surface area contributed by atoms with Crippen LogP contribution in [0.15, 0.2) is 28.8 Å². The summed E-state index contributed by atoms with van der Waals surface area (Å²) in [5, 5.41) is 0. The second kappa shape index (κ2) is 8.03. The molecule has 1 aromatic heterocycles. The Hall–Kier alpha value is -1.15. The number of rotatable bonds is 6. The Kier molecular flexibility index (Phi) is 6.48. The molecule has 1 aliphatic heterocycles. The molecule has 0 radical (unpaired) electrons. The highest BCUT2D eigenvalue weighted by Crippen LogP contribution is 2.34. The Morgan fingerprint density at radius 1 is 1.44 bits per heavy atom. The highest BCUT2D eigenvalue weighted by Gasteiger charge is 2.41. The van der Waals surface area contributed by atoms with E-state index in [4.69, 9.17) is 14.2 Å². The van der Waals surface area contributed by atoms with E-state index in [0.717, 1.165) is 5.69 Å². The Morgan fingerprint density at radius 3 is 2.64 bits per heavy atom. The molecular weight excluding hydrogens is 340 g/mol. The van der Waals surface area contributed by atoms with Gasteiger partial charge in [-0.25, -0.2) is 4.21 Å². The zero-order valence-electron chi connectivity index (χ0n) is 15.8. The molecule has 6 nitrogen and oxygen atoms in total. The van der Waals surface area contributed by atoms with Gasteiger partial charge in [0.2, 0.25) is 0 Å². The predicted molar refractivity (Wildman–Crippen MR) is 98.8 cm³/mol. The van der Waals surface area contributed by atoms with E-state index in [1.165, 1.54) is 0 Å². The van der Waals surface area contributed by atoms with Crippen molar-refractivity contribution in [1.82, 2.24) is 4.98 Å². The van der Waals surface area contributed by atoms with Crippen molar-refractivity contribution in [2.24, 2.45) is 10.3 Å². The monoisotopic (exact) mass is 368 g/mol. The smallest absolute Gasteiger partial charge is 0.163 e. The summed E-state index contributed by atoms with van der Waals surface area (Å²) in [4.78, 5) is 4.40. The average Bonchev–Trinajstić information content (AvgIpc) is 2.90. The lowest BCUT2D eigenvalue weighted by Gasteiger charge is -2.27. The van der Waals surface area contributed by atoms with Gasteiger partial charge >= 0.3 is 0 Å². The number of hydrogen-bond acceptors (Lipinski definition) is 5. The molecular formula is C18H28N2O4S. The SMILES string of the molecule is COC(c1ccccn1)C(C=NS(=O)C(C)(C)C)[C@H]1COC(C)(C)O1. The van der Waals surface area contributed by atoms with Gasteiger partial charge in [-0.1, -0.05) is 6.07 Å². The molecule has 0 aromatic carbocycles. The van der Waals surface area contributed by atoms with Crippen molar-refractivity contribution in [3.63, 3.8) is 0 Å². The fourth-order valence-electron chi connectivity index (χ4n) is 2.58. The Morgan fingerprint density at radius 2 is 2.16 bits per heavy atom. The first-order chi connectivity index (χ1) is 11.6. The molecule has 25 heavy (non-hydrogen) atoms. The van der Waals surface area contributed by atoms with E-state index >= 15 is 0 Å². The van der Waals surface area contributed by atoms with Crippen molar-refractivity contribution in [3.05, 3.63) is 30.1 Å². The molecule has 0 bridgehead atoms. The summed E-state index contributed by atoms with van der Waals surface area (Å²) < 4.78 is 33.6. The number of pyridine rings is 1. The molecule has 3 unspecified atom stereocenters. The molecule has 2 heterocycles. The Balaban J connectivity index is 2.31. The molecule has 4 atom stereocenters. The molecule has 2 rings (SSSR count). The van der Waals surface area contributed by atoms with Crippen LogP contribution in [0, 0.1) is 5.92 Å². The van der Waals surface area contributed by atoms with Crippen LogP contribution in [0.2, 0.25) is 0 Å². The minimum absolute atomic E-state index is 0.261. The van der Waals surface area contributed by atoms with Crippen molar-refractivity contribution < 1.29 is 18.4 Å². The fourth-order valence-corrected chi connectivity index (χ4v) is 3.14. The number of nitrogens with zero attached hydrogens (tertiary/aromatic N) is 2. The average molecular weight is 368 g/mol. The summed E-state index contributed by atoms with van der Waals surface area (Å²) in [6, 6.07) is 5.66. The topological polar surface area (TPSA) is 70.0 Å². The van der Waals surface area contributed by atoms with E-state index in [1.54, 1.807) is 19.5 Å². The minimum Gasteiger partial charge on any atom is -0.374 e. The van der Waals surface area contributed by atoms with Gasteiger partial charge in [0.15, 0.2) is 5.79 Å². The zero-order chi connectivity index (χ0) is 18.7. The van der Waals surface area contributed by atoms with Gasteiger partial charge in [0.25, 0.3) is 0 Å². The largest absolute Gasteiger partial charge is 0.374 e. The van der Waals surface area contributed by atoms with Crippen LogP contribution in [-0.2, 0) is 25.2 Å². The van der Waals surface area contributed by atoms with Gasteiger partial charge < -0.3 is 14.2 Å². The number of ether oxygens (including phenoxy) is 3. The zero-order valence-corrected chi connectivity index (χ0v) is 16.6. The number of aromatic nitrogens is 1. The van der Waals surface area contributed by atoms with E-state index < -0.39 is 21.5 Å². The van der Waals surface area contributed by atoms with Gasteiger partial charge in [-0.3, -0.25) is 4.98 Å². The van der Waals surface area contributed by atoms with Crippen LogP contribution in [0.1, 0.15) is 46.4 Å². The maximum Gasteiger partial charge on any atom is 0.163 e. The van der Waals surface area contributed by atoms with Crippen molar-refractivity contribution in [2.45, 2.75) is 57.4 Å².